The highest BCUT2D eigenvalue weighted by atomic mass is 127. The molecule has 2 N–H and O–H groups in total. The van der Waals surface area contributed by atoms with Gasteiger partial charge in [-0.25, -0.2) is 8.42 Å². The highest BCUT2D eigenvalue weighted by molar-refractivity contribution is 14.0. The maximum Gasteiger partial charge on any atom is 0.211 e. The molecule has 2 heterocycles. The van der Waals surface area contributed by atoms with E-state index < -0.39 is 10.0 Å². The molecule has 170 valence electrons. The largest absolute Gasteiger partial charge is 0.495 e. The van der Waals surface area contributed by atoms with Crippen molar-refractivity contribution in [1.82, 2.24) is 14.9 Å². The van der Waals surface area contributed by atoms with Crippen LogP contribution in [0.2, 0.25) is 0 Å². The second-order valence-corrected chi connectivity index (χ2v) is 9.57. The lowest BCUT2D eigenvalue weighted by molar-refractivity contribution is 0.396. The summed E-state index contributed by atoms with van der Waals surface area (Å²) in [4.78, 5) is 7.02. The topological polar surface area (TPSA) is 86.3 Å². The van der Waals surface area contributed by atoms with E-state index in [1.165, 1.54) is 6.26 Å². The predicted molar refractivity (Wildman–Crippen MR) is 133 cm³/mol. The molecule has 2 fully saturated rings. The fourth-order valence-electron chi connectivity index (χ4n) is 4.13. The number of nitrogens with one attached hydrogen (secondary N) is 2. The highest BCUT2D eigenvalue weighted by Crippen LogP contribution is 2.30. The Morgan fingerprint density at radius 1 is 1.27 bits per heavy atom. The summed E-state index contributed by atoms with van der Waals surface area (Å²) in [7, 11) is -1.48. The highest BCUT2D eigenvalue weighted by Gasteiger charge is 2.31. The Morgan fingerprint density at radius 2 is 2.03 bits per heavy atom. The number of hydrogen-bond donors (Lipinski definition) is 2. The number of aliphatic imine (C=N–C) groups is 1. The van der Waals surface area contributed by atoms with Crippen LogP contribution in [0.1, 0.15) is 26.2 Å². The summed E-state index contributed by atoms with van der Waals surface area (Å²) in [6.45, 7) is 5.68. The zero-order valence-electron chi connectivity index (χ0n) is 18.0. The van der Waals surface area contributed by atoms with Crippen molar-refractivity contribution in [3.63, 3.8) is 0 Å². The molecule has 0 aliphatic carbocycles. The Bertz CT molecular complexity index is 820. The third-order valence-corrected chi connectivity index (χ3v) is 6.84. The number of ether oxygens (including phenoxy) is 1. The zero-order valence-corrected chi connectivity index (χ0v) is 21.2. The summed E-state index contributed by atoms with van der Waals surface area (Å²) in [5.41, 5.74) is 1.11. The first-order chi connectivity index (χ1) is 13.9. The smallest absolute Gasteiger partial charge is 0.211 e. The molecule has 3 rings (SSSR count). The molecular weight excluding hydrogens is 517 g/mol. The van der Waals surface area contributed by atoms with Gasteiger partial charge in [-0.1, -0.05) is 12.1 Å². The molecule has 30 heavy (non-hydrogen) atoms. The summed E-state index contributed by atoms with van der Waals surface area (Å²) in [6.07, 6.45) is 4.04. The number of methoxy groups -OCH3 is 1. The van der Waals surface area contributed by atoms with Gasteiger partial charge in [0.05, 0.1) is 25.6 Å². The Kier molecular flexibility index (Phi) is 9.48. The van der Waals surface area contributed by atoms with Gasteiger partial charge in [0, 0.05) is 38.3 Å². The second-order valence-electron chi connectivity index (χ2n) is 7.64. The van der Waals surface area contributed by atoms with E-state index in [-0.39, 0.29) is 36.1 Å². The summed E-state index contributed by atoms with van der Waals surface area (Å²) >= 11 is 0. The maximum atomic E-state index is 11.9. The summed E-state index contributed by atoms with van der Waals surface area (Å²) in [5, 5.41) is 6.81. The van der Waals surface area contributed by atoms with E-state index in [2.05, 4.69) is 21.6 Å². The van der Waals surface area contributed by atoms with Crippen LogP contribution in [0.3, 0.4) is 0 Å². The van der Waals surface area contributed by atoms with Gasteiger partial charge in [0.2, 0.25) is 10.0 Å². The molecule has 1 aromatic carbocycles. The molecule has 10 heteroatoms. The van der Waals surface area contributed by atoms with Crippen LogP contribution in [0.4, 0.5) is 5.69 Å². The van der Waals surface area contributed by atoms with Crippen LogP contribution >= 0.6 is 24.0 Å². The SMILES string of the molecule is CCNC(=NC[C@H]1CCCN1S(C)(=O)=O)NC1CCN(c2ccccc2OC)C1.I. The zero-order chi connectivity index (χ0) is 20.9. The normalized spacial score (nSPS) is 22.6. The Hall–Kier alpha value is -1.27. The van der Waals surface area contributed by atoms with Gasteiger partial charge in [-0.2, -0.15) is 4.31 Å². The Balaban J connectivity index is 0.00000320. The van der Waals surface area contributed by atoms with Crippen molar-refractivity contribution in [2.24, 2.45) is 4.99 Å². The second kappa shape index (κ2) is 11.4. The van der Waals surface area contributed by atoms with Gasteiger partial charge in [0.25, 0.3) is 0 Å². The number of anilines is 1. The van der Waals surface area contributed by atoms with Crippen LogP contribution in [0.15, 0.2) is 29.3 Å². The molecule has 2 aliphatic rings. The third kappa shape index (κ3) is 6.36. The van der Waals surface area contributed by atoms with Gasteiger partial charge in [-0.05, 0) is 38.3 Å². The van der Waals surface area contributed by atoms with Gasteiger partial charge < -0.3 is 20.3 Å². The van der Waals surface area contributed by atoms with Crippen LogP contribution in [0.25, 0.3) is 0 Å². The average Bonchev–Trinajstić information content (AvgIpc) is 3.35. The van der Waals surface area contributed by atoms with Gasteiger partial charge in [0.1, 0.15) is 5.75 Å². The maximum absolute atomic E-state index is 11.9. The number of halogens is 1. The molecule has 1 aromatic rings. The van der Waals surface area contributed by atoms with Crippen molar-refractivity contribution in [2.75, 3.05) is 51.0 Å². The minimum Gasteiger partial charge on any atom is -0.495 e. The number of para-hydroxylation sites is 2. The number of nitrogens with zero attached hydrogens (tertiary/aromatic N) is 3. The van der Waals surface area contributed by atoms with Crippen LogP contribution in [0.5, 0.6) is 5.75 Å². The Morgan fingerprint density at radius 3 is 2.73 bits per heavy atom. The molecular formula is C20H34IN5O3S. The molecule has 0 bridgehead atoms. The third-order valence-electron chi connectivity index (χ3n) is 5.51. The van der Waals surface area contributed by atoms with Crippen LogP contribution in [-0.2, 0) is 10.0 Å². The molecule has 0 aromatic heterocycles. The van der Waals surface area contributed by atoms with Crippen molar-refractivity contribution in [3.8, 4) is 5.75 Å². The van der Waals surface area contributed by atoms with Crippen LogP contribution in [-0.4, -0.2) is 76.9 Å². The molecule has 0 radical (unpaired) electrons. The first kappa shape index (κ1) is 25.0. The molecule has 2 saturated heterocycles. The van der Waals surface area contributed by atoms with E-state index >= 15 is 0 Å². The molecule has 8 nitrogen and oxygen atoms in total. The number of rotatable bonds is 7. The quantitative estimate of drug-likeness (QED) is 0.306. The number of guanidine groups is 1. The van der Waals surface area contributed by atoms with E-state index in [1.54, 1.807) is 11.4 Å². The Labute approximate surface area is 197 Å². The molecule has 0 amide bonds. The predicted octanol–water partition coefficient (Wildman–Crippen LogP) is 1.87. The standard InChI is InChI=1S/C20H33N5O3S.HI/c1-4-21-20(22-14-17-8-7-12-25(17)29(3,26)27)23-16-11-13-24(15-16)18-9-5-6-10-19(18)28-2;/h5-6,9-10,16-17H,4,7-8,11-15H2,1-3H3,(H2,21,22,23);1H/t16?,17-;/m1./s1. The number of hydrogen-bond acceptors (Lipinski definition) is 5. The van der Waals surface area contributed by atoms with Crippen molar-refractivity contribution in [3.05, 3.63) is 24.3 Å². The van der Waals surface area contributed by atoms with Gasteiger partial charge in [-0.3, -0.25) is 4.99 Å². The van der Waals surface area contributed by atoms with Gasteiger partial charge >= 0.3 is 0 Å². The number of sulfonamides is 1. The summed E-state index contributed by atoms with van der Waals surface area (Å²) in [6, 6.07) is 8.30. The molecule has 0 spiro atoms. The van der Waals surface area contributed by atoms with E-state index in [4.69, 9.17) is 9.73 Å². The number of benzene rings is 1. The minimum absolute atomic E-state index is 0. The first-order valence-corrected chi connectivity index (χ1v) is 12.2. The van der Waals surface area contributed by atoms with E-state index in [1.807, 2.05) is 25.1 Å². The fraction of sp³-hybridized carbons (Fsp3) is 0.650. The van der Waals surface area contributed by atoms with Gasteiger partial charge in [0.15, 0.2) is 5.96 Å². The summed E-state index contributed by atoms with van der Waals surface area (Å²) in [5.74, 6) is 1.63. The monoisotopic (exact) mass is 551 g/mol. The van der Waals surface area contributed by atoms with Crippen molar-refractivity contribution >= 4 is 45.6 Å². The molecule has 1 unspecified atom stereocenters. The average molecular weight is 551 g/mol. The van der Waals surface area contributed by atoms with Crippen LogP contribution < -0.4 is 20.3 Å². The lowest BCUT2D eigenvalue weighted by Crippen LogP contribution is -2.45. The fourth-order valence-corrected chi connectivity index (χ4v) is 5.30. The molecule has 2 atom stereocenters. The lowest BCUT2D eigenvalue weighted by Gasteiger charge is -2.23. The van der Waals surface area contributed by atoms with Gasteiger partial charge in [-0.15, -0.1) is 24.0 Å². The minimum atomic E-state index is -3.17. The van der Waals surface area contributed by atoms with Crippen molar-refractivity contribution < 1.29 is 13.2 Å². The molecule has 0 saturated carbocycles. The van der Waals surface area contributed by atoms with Crippen LogP contribution in [0, 0.1) is 0 Å². The van der Waals surface area contributed by atoms with E-state index in [0.29, 0.717) is 13.1 Å². The first-order valence-electron chi connectivity index (χ1n) is 10.3. The van der Waals surface area contributed by atoms with E-state index in [9.17, 15) is 8.42 Å². The van der Waals surface area contributed by atoms with Crippen molar-refractivity contribution in [1.29, 1.82) is 0 Å². The lowest BCUT2D eigenvalue weighted by atomic mass is 10.2. The van der Waals surface area contributed by atoms with Crippen molar-refractivity contribution in [2.45, 2.75) is 38.3 Å². The van der Waals surface area contributed by atoms with E-state index in [0.717, 1.165) is 56.3 Å². The molecule has 2 aliphatic heterocycles. The summed E-state index contributed by atoms with van der Waals surface area (Å²) < 4.78 is 31.0.